The van der Waals surface area contributed by atoms with Crippen LogP contribution in [-0.4, -0.2) is 40.6 Å². The molecule has 0 radical (unpaired) electrons. The number of piperidine rings is 1. The van der Waals surface area contributed by atoms with Gasteiger partial charge in [0.2, 0.25) is 5.91 Å². The van der Waals surface area contributed by atoms with Crippen molar-refractivity contribution in [1.29, 1.82) is 0 Å². The number of halogens is 3. The third-order valence-corrected chi connectivity index (χ3v) is 5.32. The van der Waals surface area contributed by atoms with Gasteiger partial charge in [0.05, 0.1) is 11.8 Å². The number of aliphatic carboxylic acids is 1. The second-order valence-electron chi connectivity index (χ2n) is 6.97. The molecule has 4 nitrogen and oxygen atoms in total. The molecule has 2 fully saturated rings. The first-order valence-corrected chi connectivity index (χ1v) is 8.27. The van der Waals surface area contributed by atoms with Crippen molar-refractivity contribution in [2.45, 2.75) is 64.1 Å². The fraction of sp³-hybridized carbons (Fsp3) is 0.875. The molecule has 2 rings (SSSR count). The van der Waals surface area contributed by atoms with Gasteiger partial charge in [-0.25, -0.2) is 0 Å². The number of rotatable bonds is 3. The van der Waals surface area contributed by atoms with Crippen LogP contribution in [0.4, 0.5) is 13.2 Å². The van der Waals surface area contributed by atoms with E-state index in [1.807, 2.05) is 6.92 Å². The van der Waals surface area contributed by atoms with Crippen LogP contribution in [0.2, 0.25) is 0 Å². The molecule has 0 spiro atoms. The maximum Gasteiger partial charge on any atom is 0.391 e. The number of carboxylic acid groups (broad SMARTS) is 1. The number of hydrogen-bond donors (Lipinski definition) is 1. The number of carbonyl (C=O) groups excluding carboxylic acids is 1. The Morgan fingerprint density at radius 2 is 1.70 bits per heavy atom. The van der Waals surface area contributed by atoms with E-state index in [-0.39, 0.29) is 43.7 Å². The molecule has 1 heterocycles. The molecule has 1 saturated carbocycles. The highest BCUT2D eigenvalue weighted by molar-refractivity contribution is 5.78. The van der Waals surface area contributed by atoms with Gasteiger partial charge in [0.1, 0.15) is 0 Å². The van der Waals surface area contributed by atoms with Gasteiger partial charge < -0.3 is 10.0 Å². The van der Waals surface area contributed by atoms with Crippen molar-refractivity contribution in [1.82, 2.24) is 4.90 Å². The molecule has 1 aliphatic heterocycles. The number of amides is 1. The highest BCUT2D eigenvalue weighted by atomic mass is 19.4. The zero-order valence-corrected chi connectivity index (χ0v) is 13.3. The molecule has 1 saturated heterocycles. The first-order chi connectivity index (χ1) is 10.7. The predicted octanol–water partition coefficient (Wildman–Crippen LogP) is 3.46. The fourth-order valence-corrected chi connectivity index (χ4v) is 3.71. The zero-order valence-electron chi connectivity index (χ0n) is 13.3. The maximum absolute atomic E-state index is 12.7. The van der Waals surface area contributed by atoms with Gasteiger partial charge >= 0.3 is 12.1 Å². The normalized spacial score (nSPS) is 32.6. The molecule has 1 N–H and O–H groups in total. The van der Waals surface area contributed by atoms with E-state index < -0.39 is 24.0 Å². The van der Waals surface area contributed by atoms with Crippen LogP contribution < -0.4 is 0 Å². The van der Waals surface area contributed by atoms with E-state index in [4.69, 9.17) is 5.11 Å². The van der Waals surface area contributed by atoms with Gasteiger partial charge in [-0.1, -0.05) is 0 Å². The van der Waals surface area contributed by atoms with E-state index in [0.29, 0.717) is 25.7 Å². The van der Waals surface area contributed by atoms with E-state index >= 15 is 0 Å². The van der Waals surface area contributed by atoms with Gasteiger partial charge in [-0.2, -0.15) is 13.2 Å². The Hall–Kier alpha value is -1.27. The zero-order chi connectivity index (χ0) is 17.2. The van der Waals surface area contributed by atoms with Crippen molar-refractivity contribution in [3.63, 3.8) is 0 Å². The maximum atomic E-state index is 12.7. The Labute approximate surface area is 134 Å². The molecular weight excluding hydrogens is 311 g/mol. The standard InChI is InChI=1S/C16H24F3NO3/c1-10-2-5-12(15(22)23)9-20(10)14(21)8-11-3-6-13(7-4-11)16(17,18)19/h10-13H,2-9H2,1H3,(H,22,23). The lowest BCUT2D eigenvalue weighted by Crippen LogP contribution is -2.47. The number of hydrogen-bond acceptors (Lipinski definition) is 2. The highest BCUT2D eigenvalue weighted by Gasteiger charge is 2.42. The van der Waals surface area contributed by atoms with Gasteiger partial charge in [-0.05, 0) is 51.4 Å². The number of alkyl halides is 3. The van der Waals surface area contributed by atoms with Gasteiger partial charge in [-0.3, -0.25) is 9.59 Å². The van der Waals surface area contributed by atoms with E-state index in [0.717, 1.165) is 0 Å². The molecule has 132 valence electrons. The van der Waals surface area contributed by atoms with Crippen LogP contribution in [0.5, 0.6) is 0 Å². The molecule has 23 heavy (non-hydrogen) atoms. The summed E-state index contributed by atoms with van der Waals surface area (Å²) in [5, 5.41) is 9.11. The Morgan fingerprint density at radius 1 is 1.09 bits per heavy atom. The van der Waals surface area contributed by atoms with Crippen LogP contribution >= 0.6 is 0 Å². The smallest absolute Gasteiger partial charge is 0.391 e. The van der Waals surface area contributed by atoms with Gasteiger partial charge in [0, 0.05) is 19.0 Å². The molecule has 1 aliphatic carbocycles. The minimum absolute atomic E-state index is 0.00427. The molecular formula is C16H24F3NO3. The van der Waals surface area contributed by atoms with Crippen LogP contribution in [0.15, 0.2) is 0 Å². The van der Waals surface area contributed by atoms with Crippen LogP contribution in [-0.2, 0) is 9.59 Å². The van der Waals surface area contributed by atoms with Crippen LogP contribution in [0.1, 0.15) is 51.9 Å². The Kier molecular flexibility index (Phi) is 5.57. The van der Waals surface area contributed by atoms with E-state index in [2.05, 4.69) is 0 Å². The van der Waals surface area contributed by atoms with Crippen molar-refractivity contribution in [2.75, 3.05) is 6.54 Å². The predicted molar refractivity (Wildman–Crippen MR) is 77.7 cm³/mol. The minimum Gasteiger partial charge on any atom is -0.481 e. The average Bonchev–Trinajstić information content (AvgIpc) is 2.47. The molecule has 0 aromatic rings. The quantitative estimate of drug-likeness (QED) is 0.859. The van der Waals surface area contributed by atoms with Crippen molar-refractivity contribution < 1.29 is 27.9 Å². The van der Waals surface area contributed by atoms with Crippen molar-refractivity contribution >= 4 is 11.9 Å². The fourth-order valence-electron chi connectivity index (χ4n) is 3.71. The molecule has 2 atom stereocenters. The highest BCUT2D eigenvalue weighted by Crippen LogP contribution is 2.40. The van der Waals surface area contributed by atoms with Crippen molar-refractivity contribution in [3.8, 4) is 0 Å². The molecule has 0 aromatic heterocycles. The second kappa shape index (κ2) is 7.09. The third kappa shape index (κ3) is 4.61. The topological polar surface area (TPSA) is 57.6 Å². The summed E-state index contributed by atoms with van der Waals surface area (Å²) < 4.78 is 38.0. The number of carboxylic acids is 1. The van der Waals surface area contributed by atoms with Gasteiger partial charge in [0.15, 0.2) is 0 Å². The average molecular weight is 335 g/mol. The molecule has 0 bridgehead atoms. The second-order valence-corrected chi connectivity index (χ2v) is 6.97. The summed E-state index contributed by atoms with van der Waals surface area (Å²) in [5.74, 6) is -2.78. The summed E-state index contributed by atoms with van der Waals surface area (Å²) in [6, 6.07) is 0.00427. The van der Waals surface area contributed by atoms with Gasteiger partial charge in [0.25, 0.3) is 0 Å². The monoisotopic (exact) mass is 335 g/mol. The van der Waals surface area contributed by atoms with E-state index in [9.17, 15) is 22.8 Å². The van der Waals surface area contributed by atoms with Crippen LogP contribution in [0.3, 0.4) is 0 Å². The summed E-state index contributed by atoms with van der Waals surface area (Å²) in [7, 11) is 0. The van der Waals surface area contributed by atoms with Crippen molar-refractivity contribution in [2.24, 2.45) is 17.8 Å². The molecule has 0 aromatic carbocycles. The lowest BCUT2D eigenvalue weighted by Gasteiger charge is -2.38. The number of likely N-dealkylation sites (tertiary alicyclic amines) is 1. The van der Waals surface area contributed by atoms with E-state index in [1.54, 1.807) is 4.90 Å². The third-order valence-electron chi connectivity index (χ3n) is 5.32. The molecule has 2 unspecified atom stereocenters. The first-order valence-electron chi connectivity index (χ1n) is 8.27. The summed E-state index contributed by atoms with van der Waals surface area (Å²) in [6.45, 7) is 2.11. The molecule has 7 heteroatoms. The summed E-state index contributed by atoms with van der Waals surface area (Å²) >= 11 is 0. The summed E-state index contributed by atoms with van der Waals surface area (Å²) in [6.07, 6.45) is -1.66. The largest absolute Gasteiger partial charge is 0.481 e. The Bertz CT molecular complexity index is 444. The van der Waals surface area contributed by atoms with Crippen LogP contribution in [0.25, 0.3) is 0 Å². The number of nitrogens with zero attached hydrogens (tertiary/aromatic N) is 1. The summed E-state index contributed by atoms with van der Waals surface area (Å²) in [4.78, 5) is 25.1. The summed E-state index contributed by atoms with van der Waals surface area (Å²) in [5.41, 5.74) is 0. The molecule has 1 amide bonds. The first kappa shape index (κ1) is 18.1. The SMILES string of the molecule is CC1CCC(C(=O)O)CN1C(=O)CC1CCC(C(F)(F)F)CC1. The van der Waals surface area contributed by atoms with Crippen molar-refractivity contribution in [3.05, 3.63) is 0 Å². The lowest BCUT2D eigenvalue weighted by atomic mass is 9.80. The molecule has 2 aliphatic rings. The van der Waals surface area contributed by atoms with Gasteiger partial charge in [-0.15, -0.1) is 0 Å². The van der Waals surface area contributed by atoms with Crippen LogP contribution in [0, 0.1) is 17.8 Å². The Balaban J connectivity index is 1.86. The Morgan fingerprint density at radius 3 is 2.22 bits per heavy atom. The van der Waals surface area contributed by atoms with E-state index in [1.165, 1.54) is 0 Å². The minimum atomic E-state index is -4.13. The number of carbonyl (C=O) groups is 2. The lowest BCUT2D eigenvalue weighted by molar-refractivity contribution is -0.184.